The van der Waals surface area contributed by atoms with E-state index in [4.69, 9.17) is 5.26 Å². The first-order valence-electron chi connectivity index (χ1n) is 13.9. The Labute approximate surface area is 264 Å². The summed E-state index contributed by atoms with van der Waals surface area (Å²) in [6, 6.07) is 19.6. The molecule has 10 nitrogen and oxygen atoms in total. The Morgan fingerprint density at radius 2 is 1.78 bits per heavy atom. The van der Waals surface area contributed by atoms with E-state index in [0.29, 0.717) is 54.9 Å². The molecule has 0 saturated heterocycles. The van der Waals surface area contributed by atoms with Gasteiger partial charge in [-0.2, -0.15) is 15.6 Å². The number of fused-ring (bicyclic) bond motifs is 3. The van der Waals surface area contributed by atoms with Gasteiger partial charge in [0.25, 0.3) is 17.4 Å². The number of nitrogens with one attached hydrogen (secondary N) is 1. The predicted molar refractivity (Wildman–Crippen MR) is 165 cm³/mol. The maximum Gasteiger partial charge on any atom is 0.261 e. The number of carbonyl (C=O) groups excluding carboxylic acids is 2. The first kappa shape index (κ1) is 29.5. The van der Waals surface area contributed by atoms with Gasteiger partial charge in [-0.15, -0.1) is 0 Å². The van der Waals surface area contributed by atoms with Crippen LogP contribution >= 0.6 is 15.9 Å². The lowest BCUT2D eigenvalue weighted by Crippen LogP contribution is -2.41. The number of nitrogens with zero attached hydrogens (tertiary/aromatic N) is 6. The van der Waals surface area contributed by atoms with Crippen LogP contribution in [0.25, 0.3) is 11.3 Å². The van der Waals surface area contributed by atoms with Crippen molar-refractivity contribution in [3.63, 3.8) is 0 Å². The second-order valence-electron chi connectivity index (χ2n) is 10.5. The number of hydrogen-bond donors (Lipinski definition) is 1. The fourth-order valence-corrected chi connectivity index (χ4v) is 5.89. The minimum absolute atomic E-state index is 0.0774. The van der Waals surface area contributed by atoms with Crippen LogP contribution in [0.5, 0.6) is 0 Å². The van der Waals surface area contributed by atoms with Crippen molar-refractivity contribution >= 4 is 33.4 Å². The summed E-state index contributed by atoms with van der Waals surface area (Å²) in [6.07, 6.45) is 1.90. The van der Waals surface area contributed by atoms with E-state index in [9.17, 15) is 24.0 Å². The SMILES string of the molecule is CNC(=O)c1ccc(-n2c(=O)c3c(n4ncc(Cc5ccc(C#N)cc5F)c24)CN(C(=O)c2ccc(Br)c(C#N)c2)CC3)cc1. The molecule has 0 unspecified atom stereocenters. The zero-order chi connectivity index (χ0) is 31.8. The first-order valence-corrected chi connectivity index (χ1v) is 14.7. The predicted octanol–water partition coefficient (Wildman–Crippen LogP) is 4.28. The van der Waals surface area contributed by atoms with Crippen LogP contribution in [0.1, 0.15) is 54.2 Å². The van der Waals surface area contributed by atoms with Gasteiger partial charge in [0, 0.05) is 46.7 Å². The van der Waals surface area contributed by atoms with Gasteiger partial charge >= 0.3 is 0 Å². The van der Waals surface area contributed by atoms with Crippen molar-refractivity contribution in [1.29, 1.82) is 10.5 Å². The van der Waals surface area contributed by atoms with Crippen molar-refractivity contribution < 1.29 is 14.0 Å². The summed E-state index contributed by atoms with van der Waals surface area (Å²) in [5.74, 6) is -1.12. The van der Waals surface area contributed by atoms with Crippen LogP contribution in [0.4, 0.5) is 4.39 Å². The van der Waals surface area contributed by atoms with Crippen LogP contribution in [0.3, 0.4) is 0 Å². The van der Waals surface area contributed by atoms with Gasteiger partial charge in [0.1, 0.15) is 17.5 Å². The molecule has 0 radical (unpaired) electrons. The zero-order valence-corrected chi connectivity index (χ0v) is 25.4. The molecule has 45 heavy (non-hydrogen) atoms. The number of carbonyl (C=O) groups is 2. The lowest BCUT2D eigenvalue weighted by molar-refractivity contribution is 0.0729. The van der Waals surface area contributed by atoms with Gasteiger partial charge in [0.15, 0.2) is 0 Å². The van der Waals surface area contributed by atoms with Crippen LogP contribution in [-0.2, 0) is 19.4 Å². The van der Waals surface area contributed by atoms with E-state index < -0.39 is 5.82 Å². The van der Waals surface area contributed by atoms with E-state index in [1.165, 1.54) is 29.8 Å². The van der Waals surface area contributed by atoms with Gasteiger partial charge in [-0.25, -0.2) is 8.91 Å². The molecule has 12 heteroatoms. The molecule has 0 saturated carbocycles. The average molecular weight is 664 g/mol. The van der Waals surface area contributed by atoms with E-state index in [-0.39, 0.29) is 48.9 Å². The van der Waals surface area contributed by atoms with Crippen molar-refractivity contribution in [3.8, 4) is 17.8 Å². The van der Waals surface area contributed by atoms with Crippen LogP contribution in [0, 0.1) is 28.5 Å². The Balaban J connectivity index is 1.49. The van der Waals surface area contributed by atoms with Gasteiger partial charge in [0.05, 0.1) is 41.3 Å². The highest BCUT2D eigenvalue weighted by molar-refractivity contribution is 9.10. The molecule has 3 heterocycles. The smallest absolute Gasteiger partial charge is 0.261 e. The summed E-state index contributed by atoms with van der Waals surface area (Å²) in [7, 11) is 1.53. The number of rotatable bonds is 5. The minimum atomic E-state index is -0.557. The van der Waals surface area contributed by atoms with E-state index in [2.05, 4.69) is 32.4 Å². The molecule has 0 atom stereocenters. The summed E-state index contributed by atoms with van der Waals surface area (Å²) in [5, 5.41) is 25.8. The normalized spacial score (nSPS) is 12.3. The molecule has 6 rings (SSSR count). The Morgan fingerprint density at radius 3 is 2.47 bits per heavy atom. The second kappa shape index (κ2) is 11.8. The number of halogens is 2. The summed E-state index contributed by atoms with van der Waals surface area (Å²) < 4.78 is 18.7. The number of nitriles is 2. The first-order chi connectivity index (χ1) is 21.7. The van der Waals surface area contributed by atoms with Crippen molar-refractivity contribution in [3.05, 3.63) is 132 Å². The van der Waals surface area contributed by atoms with Crippen molar-refractivity contribution in [2.24, 2.45) is 0 Å². The van der Waals surface area contributed by atoms with Crippen LogP contribution in [-0.4, -0.2) is 44.5 Å². The lowest BCUT2D eigenvalue weighted by atomic mass is 10.0. The summed E-state index contributed by atoms with van der Waals surface area (Å²) in [5.41, 5.74) is 3.71. The van der Waals surface area contributed by atoms with E-state index >= 15 is 0 Å². The fraction of sp³-hybridized carbons (Fsp3) is 0.152. The minimum Gasteiger partial charge on any atom is -0.355 e. The average Bonchev–Trinajstić information content (AvgIpc) is 3.48. The summed E-state index contributed by atoms with van der Waals surface area (Å²) in [4.78, 5) is 41.5. The molecule has 0 fully saturated rings. The van der Waals surface area contributed by atoms with Crippen LogP contribution in [0.15, 0.2) is 76.1 Å². The Hall–Kier alpha value is -5.59. The molecule has 1 aliphatic rings. The standard InChI is InChI=1S/C33H23BrFN7O3/c1-38-30(43)20-4-7-25(8-5-20)41-31-24(13-21-3-2-19(15-36)12-28(21)35)17-39-42(31)29-18-40(11-10-26(29)33(41)45)32(44)22-6-9-27(34)23(14-22)16-37/h2-9,12,14,17H,10-11,13,18H2,1H3,(H,38,43). The topological polar surface area (TPSA) is 136 Å². The Bertz CT molecular complexity index is 2170. The molecule has 2 aromatic heterocycles. The van der Waals surface area contributed by atoms with E-state index in [1.807, 2.05) is 6.07 Å². The molecule has 0 aliphatic carbocycles. The Morgan fingerprint density at radius 1 is 1.02 bits per heavy atom. The number of aromatic nitrogens is 3. The number of amides is 2. The maximum absolute atomic E-state index is 15.0. The van der Waals surface area contributed by atoms with Crippen LogP contribution in [0.2, 0.25) is 0 Å². The summed E-state index contributed by atoms with van der Waals surface area (Å²) in [6.45, 7) is 0.353. The number of hydrogen-bond acceptors (Lipinski definition) is 6. The molecule has 1 N–H and O–H groups in total. The van der Waals surface area contributed by atoms with Crippen LogP contribution < -0.4 is 10.9 Å². The summed E-state index contributed by atoms with van der Waals surface area (Å²) >= 11 is 3.32. The van der Waals surface area contributed by atoms with Crippen molar-refractivity contribution in [2.45, 2.75) is 19.4 Å². The molecular weight excluding hydrogens is 641 g/mol. The molecule has 222 valence electrons. The molecule has 1 aliphatic heterocycles. The molecule has 5 aromatic rings. The molecule has 3 aromatic carbocycles. The molecule has 2 amide bonds. The maximum atomic E-state index is 15.0. The van der Waals surface area contributed by atoms with Crippen molar-refractivity contribution in [2.75, 3.05) is 13.6 Å². The lowest BCUT2D eigenvalue weighted by Gasteiger charge is -2.30. The third kappa shape index (κ3) is 5.26. The van der Waals surface area contributed by atoms with E-state index in [0.717, 1.165) is 6.07 Å². The quantitative estimate of drug-likeness (QED) is 0.298. The number of benzene rings is 3. The van der Waals surface area contributed by atoms with Crippen molar-refractivity contribution in [1.82, 2.24) is 24.4 Å². The second-order valence-corrected chi connectivity index (χ2v) is 11.3. The molecular formula is C33H23BrFN7O3. The van der Waals surface area contributed by atoms with Gasteiger partial charge in [-0.3, -0.25) is 19.0 Å². The van der Waals surface area contributed by atoms with Gasteiger partial charge in [-0.05, 0) is 82.5 Å². The van der Waals surface area contributed by atoms with E-state index in [1.54, 1.807) is 52.0 Å². The largest absolute Gasteiger partial charge is 0.355 e. The zero-order valence-electron chi connectivity index (χ0n) is 23.8. The monoisotopic (exact) mass is 663 g/mol. The highest BCUT2D eigenvalue weighted by Crippen LogP contribution is 2.27. The fourth-order valence-electron chi connectivity index (χ4n) is 5.55. The van der Waals surface area contributed by atoms with Gasteiger partial charge < -0.3 is 10.2 Å². The highest BCUT2D eigenvalue weighted by Gasteiger charge is 2.29. The van der Waals surface area contributed by atoms with Gasteiger partial charge in [0.2, 0.25) is 0 Å². The highest BCUT2D eigenvalue weighted by atomic mass is 79.9. The third-order valence-corrected chi connectivity index (χ3v) is 8.56. The Kier molecular flexibility index (Phi) is 7.75. The molecule has 0 spiro atoms. The van der Waals surface area contributed by atoms with Gasteiger partial charge in [-0.1, -0.05) is 6.07 Å². The molecule has 0 bridgehead atoms. The third-order valence-electron chi connectivity index (χ3n) is 7.87.